The molecule has 19 rings (SSSR count). The highest BCUT2D eigenvalue weighted by molar-refractivity contribution is 6.39. The van der Waals surface area contributed by atoms with Gasteiger partial charge in [-0.2, -0.15) is 0 Å². The van der Waals surface area contributed by atoms with Crippen molar-refractivity contribution in [1.29, 1.82) is 0 Å². The van der Waals surface area contributed by atoms with Crippen LogP contribution in [0.3, 0.4) is 0 Å². The number of aliphatic imine (C=N–C) groups is 8. The number of allylic oxidation sites excluding steroid dienone is 23. The second-order valence-corrected chi connectivity index (χ2v) is 29.6. The second-order valence-electron chi connectivity index (χ2n) is 29.6. The Morgan fingerprint density at radius 2 is 0.526 bits per heavy atom. The van der Waals surface area contributed by atoms with E-state index in [2.05, 4.69) is 240 Å². The summed E-state index contributed by atoms with van der Waals surface area (Å²) in [5.41, 5.74) is 30.8. The van der Waals surface area contributed by atoms with Crippen molar-refractivity contribution in [3.8, 4) is 0 Å². The molecule has 9 aromatic rings. The fourth-order valence-electron chi connectivity index (χ4n) is 15.5. The molecule has 0 aliphatic carbocycles. The van der Waals surface area contributed by atoms with E-state index in [9.17, 15) is 10.2 Å². The smallest absolute Gasteiger partial charge is 0.213 e. The first-order valence-electron chi connectivity index (χ1n) is 38.4. The standard InChI is InChI=1S/C98H76N16O2/c1-109-47-35-65(36-48-109)91-77-23-19-73(101-77)89(74-20-24-78(102-74)92(66-37-49-110(2)50-38-66)82-28-32-86(106-82)95(85-31-27-81(91)105-85)69-43-55-113(5)56-44-69)63-11-15-71(16-12-63)97(115)99-59-61-7-9-62(10-8-61)60-100-98(116)72-17-13-64(14-18-72)90-75-21-25-79(103-75)93(67-39-51-111(3)52-40-67)83-29-33-87(107-83)96(70-45-57-114(6)58-46-70)88-34-30-84(108-88)94(80-26-22-76(90)104-80)68-41-53-112(4)54-42-68/h7-58H,59-60H2,1-6H3,(H2-2,99,100,101,102,103,104,105,106,107,108,115,116)/q+2/p+2. The Balaban J connectivity index is 0.599. The van der Waals surface area contributed by atoms with Gasteiger partial charge in [0.15, 0.2) is 49.6 Å². The van der Waals surface area contributed by atoms with Gasteiger partial charge in [-0.05, 0) is 201 Å². The summed E-state index contributed by atoms with van der Waals surface area (Å²) in [5, 5.41) is 23.4. The van der Waals surface area contributed by atoms with Crippen LogP contribution in [0.4, 0.5) is 0 Å². The van der Waals surface area contributed by atoms with Gasteiger partial charge in [0.25, 0.3) is 0 Å². The summed E-state index contributed by atoms with van der Waals surface area (Å²) in [6, 6.07) is 48.9. The molecule has 18 heteroatoms. The Kier molecular flexibility index (Phi) is 18.2. The van der Waals surface area contributed by atoms with Gasteiger partial charge in [0, 0.05) is 166 Å². The van der Waals surface area contributed by atoms with Crippen LogP contribution in [0.2, 0.25) is 0 Å². The van der Waals surface area contributed by atoms with Crippen molar-refractivity contribution in [1.82, 2.24) is 19.8 Å². The largest absolute Gasteiger partial charge is 0.493 e. The number of fused-ring (bicyclic) bond motifs is 10. The fourth-order valence-corrected chi connectivity index (χ4v) is 15.5. The van der Waals surface area contributed by atoms with Gasteiger partial charge in [0.05, 0.1) is 81.5 Å². The summed E-state index contributed by atoms with van der Waals surface area (Å²) < 4.78 is 8.10. The number of benzene rings is 3. The van der Waals surface area contributed by atoms with Crippen molar-refractivity contribution in [2.45, 2.75) is 13.1 Å². The lowest BCUT2D eigenvalue weighted by Gasteiger charge is -2.16. The summed E-state index contributed by atoms with van der Waals surface area (Å²) in [7, 11) is 12.1. The molecule has 4 N–H and O–H groups in total. The van der Waals surface area contributed by atoms with E-state index in [1.54, 1.807) is 0 Å². The van der Waals surface area contributed by atoms with Crippen LogP contribution in [0.1, 0.15) is 78.4 Å². The lowest BCUT2D eigenvalue weighted by molar-refractivity contribution is -0.671. The van der Waals surface area contributed by atoms with Gasteiger partial charge in [-0.25, -0.2) is 58.2 Å². The lowest BCUT2D eigenvalue weighted by atomic mass is 9.97. The minimum Gasteiger partial charge on any atom is -0.493 e. The highest BCUT2D eigenvalue weighted by Crippen LogP contribution is 2.42. The van der Waals surface area contributed by atoms with E-state index < -0.39 is 0 Å². The molecular formula is C98H78N16O2+4. The van der Waals surface area contributed by atoms with Gasteiger partial charge in [-0.3, -0.25) is 0 Å². The molecule has 10 aliphatic heterocycles. The highest BCUT2D eigenvalue weighted by Gasteiger charge is 2.31. The van der Waals surface area contributed by atoms with Crippen LogP contribution >= 0.6 is 0 Å². The molecule has 0 atom stereocenters. The number of hydrogen-bond acceptors (Lipinski definition) is 10. The van der Waals surface area contributed by atoms with E-state index in [-0.39, 0.29) is 24.9 Å². The molecule has 0 saturated carbocycles. The topological polar surface area (TPSA) is 193 Å². The zero-order valence-corrected chi connectivity index (χ0v) is 64.6. The SMILES string of the molecule is CN1C=CC(=C2C3=NC(=C(c4cc[n+](C)cc4)C4=NC(=C(c5cc[n+](C)cc5)c5ccc([nH]5)C(c5ccc(C(O)=NCc6ccc(CN=C(O)c7ccc(C8=C9C=CC(=N9)C(c9cc[n+](C)cc9)=C9C=CC(=N9)C(c9cc[n+](C)cc9)=C9C=CC(=N9)C(=C9C=CN(C)C=C9)c9ccc8[nH]9)cc7)cc6)cc5)=C5C=CC2=N5)C=C4)C=C3)C=C1. The third-order valence-electron chi connectivity index (χ3n) is 21.7. The van der Waals surface area contributed by atoms with Crippen molar-refractivity contribution < 1.29 is 28.5 Å². The predicted octanol–water partition coefficient (Wildman–Crippen LogP) is 15.3. The quantitative estimate of drug-likeness (QED) is 0.0538. The molecule has 0 fully saturated rings. The number of aromatic amines is 2. The number of aliphatic hydroxyl groups excluding tert-OH is 2. The number of aryl methyl sites for hydroxylation is 4. The molecule has 16 bridgehead atoms. The number of hydrogen-bond donors (Lipinski definition) is 4. The van der Waals surface area contributed by atoms with E-state index in [0.29, 0.717) is 11.1 Å². The average Bonchev–Trinajstić information content (AvgIpc) is 1.61. The third kappa shape index (κ3) is 13.9. The van der Waals surface area contributed by atoms with Gasteiger partial charge in [0.1, 0.15) is 28.2 Å². The van der Waals surface area contributed by atoms with Gasteiger partial charge in [0.2, 0.25) is 11.8 Å². The van der Waals surface area contributed by atoms with E-state index in [1.807, 2.05) is 168 Å². The number of rotatable bonds is 12. The second kappa shape index (κ2) is 29.7. The first-order chi connectivity index (χ1) is 56.7. The monoisotopic (exact) mass is 1510 g/mol. The summed E-state index contributed by atoms with van der Waals surface area (Å²) >= 11 is 0. The zero-order valence-electron chi connectivity index (χ0n) is 64.6. The van der Waals surface area contributed by atoms with Gasteiger partial charge in [-0.1, -0.05) is 48.5 Å². The third-order valence-corrected chi connectivity index (χ3v) is 21.7. The van der Waals surface area contributed by atoms with Crippen LogP contribution in [0.25, 0.3) is 39.0 Å². The number of aromatic nitrogens is 6. The van der Waals surface area contributed by atoms with Crippen LogP contribution < -0.4 is 18.3 Å². The van der Waals surface area contributed by atoms with Crippen molar-refractivity contribution in [2.75, 3.05) is 14.1 Å². The molecule has 6 aromatic heterocycles. The molecule has 16 heterocycles. The van der Waals surface area contributed by atoms with E-state index in [1.165, 1.54) is 0 Å². The molecule has 3 aromatic carbocycles. The Labute approximate surface area is 671 Å². The van der Waals surface area contributed by atoms with Gasteiger partial charge in [-0.15, -0.1) is 0 Å². The van der Waals surface area contributed by atoms with Crippen LogP contribution in [0.5, 0.6) is 0 Å². The van der Waals surface area contributed by atoms with E-state index in [0.717, 1.165) is 191 Å². The van der Waals surface area contributed by atoms with Crippen molar-refractivity contribution in [3.63, 3.8) is 0 Å². The van der Waals surface area contributed by atoms with Crippen molar-refractivity contribution in [3.05, 3.63) is 446 Å². The van der Waals surface area contributed by atoms with Crippen molar-refractivity contribution in [2.24, 2.45) is 68.1 Å². The molecule has 0 unspecified atom stereocenters. The van der Waals surface area contributed by atoms with Crippen LogP contribution in [0.15, 0.2) is 408 Å². The number of pyridine rings is 4. The molecule has 10 aliphatic rings. The van der Waals surface area contributed by atoms with Gasteiger partial charge >= 0.3 is 0 Å². The van der Waals surface area contributed by atoms with E-state index >= 15 is 0 Å². The zero-order chi connectivity index (χ0) is 78.7. The Bertz CT molecular complexity index is 6560. The number of nitrogens with zero attached hydrogens (tertiary/aromatic N) is 14. The summed E-state index contributed by atoms with van der Waals surface area (Å²) in [5.74, 6) is -0.185. The summed E-state index contributed by atoms with van der Waals surface area (Å²) in [6.07, 6.45) is 58.0. The Morgan fingerprint density at radius 3 is 0.828 bits per heavy atom. The van der Waals surface area contributed by atoms with Crippen LogP contribution in [-0.4, -0.2) is 90.1 Å². The number of nitrogens with one attached hydrogen (secondary N) is 2. The molecule has 116 heavy (non-hydrogen) atoms. The first-order valence-corrected chi connectivity index (χ1v) is 38.4. The minimum absolute atomic E-state index is 0.0926. The normalized spacial score (nSPS) is 17.5. The van der Waals surface area contributed by atoms with Crippen LogP contribution in [0, 0.1) is 0 Å². The summed E-state index contributed by atoms with van der Waals surface area (Å²) in [4.78, 5) is 53.9. The summed E-state index contributed by atoms with van der Waals surface area (Å²) in [6.45, 7) is 0.457. The Morgan fingerprint density at radius 1 is 0.284 bits per heavy atom. The maximum atomic E-state index is 11.7. The Hall–Kier alpha value is -15.3. The average molecular weight is 1510 g/mol. The first kappa shape index (κ1) is 71.0. The fraction of sp³-hybridized carbons (Fsp3) is 0.0816. The molecule has 0 amide bonds. The maximum absolute atomic E-state index is 11.7. The molecule has 558 valence electrons. The highest BCUT2D eigenvalue weighted by atomic mass is 16.3. The van der Waals surface area contributed by atoms with E-state index in [4.69, 9.17) is 30.0 Å². The molecule has 0 radical (unpaired) electrons. The molecule has 18 nitrogen and oxygen atoms in total. The molecule has 0 saturated heterocycles. The number of aliphatic hydroxyl groups is 2. The minimum atomic E-state index is -0.0926. The van der Waals surface area contributed by atoms with Crippen molar-refractivity contribution >= 4 is 85.1 Å². The number of H-pyrrole nitrogens is 2. The lowest BCUT2D eigenvalue weighted by Crippen LogP contribution is -2.26. The molecular weight excluding hydrogens is 1430 g/mol. The maximum Gasteiger partial charge on any atom is 0.213 e. The predicted molar refractivity (Wildman–Crippen MR) is 461 cm³/mol. The van der Waals surface area contributed by atoms with Crippen LogP contribution in [-0.2, 0) is 41.3 Å². The van der Waals surface area contributed by atoms with Gasteiger partial charge < -0.3 is 30.0 Å². The molecule has 0 spiro atoms.